The van der Waals surface area contributed by atoms with Crippen LogP contribution in [0.25, 0.3) is 0 Å². The van der Waals surface area contributed by atoms with Gasteiger partial charge in [0.25, 0.3) is 0 Å². The first-order chi connectivity index (χ1) is 9.33. The topological polar surface area (TPSA) is 0 Å². The van der Waals surface area contributed by atoms with E-state index < -0.39 is 34.1 Å². The summed E-state index contributed by atoms with van der Waals surface area (Å²) in [5, 5.41) is 0. The molecule has 0 nitrogen and oxygen atoms in total. The standard InChI is InChI=1S/C10H5F9S2/c11-8(12,13)7(9(14,15)16,10(17,18)19)21-20-6-4-2-1-3-5-6/h1-5H. The van der Waals surface area contributed by atoms with E-state index in [1.54, 1.807) is 0 Å². The maximum atomic E-state index is 12.6. The van der Waals surface area contributed by atoms with Crippen LogP contribution in [-0.4, -0.2) is 23.3 Å². The minimum absolute atomic E-state index is 0.162. The van der Waals surface area contributed by atoms with E-state index in [1.165, 1.54) is 18.2 Å². The van der Waals surface area contributed by atoms with Crippen LogP contribution in [0.4, 0.5) is 39.5 Å². The lowest BCUT2D eigenvalue weighted by Gasteiger charge is -2.37. The Kier molecular flexibility index (Phi) is 5.09. The highest BCUT2D eigenvalue weighted by Gasteiger charge is 2.84. The van der Waals surface area contributed by atoms with Crippen LogP contribution in [0.2, 0.25) is 0 Å². The molecular formula is C10H5F9S2. The number of rotatable bonds is 3. The van der Waals surface area contributed by atoms with Gasteiger partial charge >= 0.3 is 23.3 Å². The fourth-order valence-corrected chi connectivity index (χ4v) is 3.83. The maximum absolute atomic E-state index is 12.6. The Morgan fingerprint density at radius 1 is 0.619 bits per heavy atom. The molecule has 1 rings (SSSR count). The van der Waals surface area contributed by atoms with Gasteiger partial charge < -0.3 is 0 Å². The van der Waals surface area contributed by atoms with Crippen molar-refractivity contribution in [3.05, 3.63) is 30.3 Å². The average Bonchev–Trinajstić information content (AvgIpc) is 2.25. The fourth-order valence-electron chi connectivity index (χ4n) is 1.21. The zero-order valence-corrected chi connectivity index (χ0v) is 11.2. The molecule has 0 radical (unpaired) electrons. The first-order valence-electron chi connectivity index (χ1n) is 4.94. The van der Waals surface area contributed by atoms with E-state index in [4.69, 9.17) is 0 Å². The van der Waals surface area contributed by atoms with Crippen molar-refractivity contribution < 1.29 is 39.5 Å². The summed E-state index contributed by atoms with van der Waals surface area (Å²) in [5.41, 5.74) is 0. The van der Waals surface area contributed by atoms with Crippen molar-refractivity contribution in [2.24, 2.45) is 0 Å². The summed E-state index contributed by atoms with van der Waals surface area (Å²) in [5.74, 6) is 0. The molecular weight excluding hydrogens is 355 g/mol. The zero-order chi connectivity index (χ0) is 16.5. The van der Waals surface area contributed by atoms with E-state index in [9.17, 15) is 39.5 Å². The largest absolute Gasteiger partial charge is 0.422 e. The van der Waals surface area contributed by atoms with Crippen molar-refractivity contribution in [3.63, 3.8) is 0 Å². The third kappa shape index (κ3) is 3.55. The summed E-state index contributed by atoms with van der Waals surface area (Å²) in [6.45, 7) is 0. The molecule has 0 fully saturated rings. The number of alkyl halides is 9. The quantitative estimate of drug-likeness (QED) is 0.490. The van der Waals surface area contributed by atoms with Gasteiger partial charge in [-0.1, -0.05) is 39.8 Å². The third-order valence-corrected chi connectivity index (χ3v) is 5.27. The molecule has 0 N–H and O–H groups in total. The second kappa shape index (κ2) is 5.82. The van der Waals surface area contributed by atoms with Gasteiger partial charge in [0.15, 0.2) is 0 Å². The summed E-state index contributed by atoms with van der Waals surface area (Å²) in [4.78, 5) is -0.162. The average molecular weight is 360 g/mol. The summed E-state index contributed by atoms with van der Waals surface area (Å²) in [7, 11) is -1.55. The van der Waals surface area contributed by atoms with Crippen LogP contribution in [-0.2, 0) is 0 Å². The van der Waals surface area contributed by atoms with Crippen molar-refractivity contribution >= 4 is 21.6 Å². The van der Waals surface area contributed by atoms with Gasteiger partial charge in [0.1, 0.15) is 0 Å². The molecule has 0 heterocycles. The smallest absolute Gasteiger partial charge is 0.169 e. The highest BCUT2D eigenvalue weighted by Crippen LogP contribution is 2.63. The molecule has 0 saturated carbocycles. The molecule has 0 aliphatic carbocycles. The summed E-state index contributed by atoms with van der Waals surface area (Å²) < 4.78 is 108. The van der Waals surface area contributed by atoms with Crippen LogP contribution in [0.15, 0.2) is 35.2 Å². The minimum atomic E-state index is -6.55. The fraction of sp³-hybridized carbons (Fsp3) is 0.400. The van der Waals surface area contributed by atoms with Gasteiger partial charge in [-0.05, 0) is 12.1 Å². The number of hydrogen-bond donors (Lipinski definition) is 0. The lowest BCUT2D eigenvalue weighted by Crippen LogP contribution is -2.63. The SMILES string of the molecule is FC(F)(F)C(SSc1ccccc1)(C(F)(F)F)C(F)(F)F. The lowest BCUT2D eigenvalue weighted by molar-refractivity contribution is -0.344. The number of benzene rings is 1. The van der Waals surface area contributed by atoms with Crippen molar-refractivity contribution in [2.45, 2.75) is 28.2 Å². The van der Waals surface area contributed by atoms with Crippen molar-refractivity contribution in [2.75, 3.05) is 0 Å². The minimum Gasteiger partial charge on any atom is -0.169 e. The molecule has 0 spiro atoms. The Morgan fingerprint density at radius 3 is 1.33 bits per heavy atom. The molecule has 0 amide bonds. The van der Waals surface area contributed by atoms with Crippen LogP contribution >= 0.6 is 21.6 Å². The first-order valence-corrected chi connectivity index (χ1v) is 7.09. The van der Waals surface area contributed by atoms with Crippen LogP contribution < -0.4 is 0 Å². The Bertz CT molecular complexity index is 424. The maximum Gasteiger partial charge on any atom is 0.422 e. The summed E-state index contributed by atoms with van der Waals surface area (Å²) >= 11 is 0. The van der Waals surface area contributed by atoms with Gasteiger partial charge in [0.05, 0.1) is 0 Å². The van der Waals surface area contributed by atoms with E-state index in [0.717, 1.165) is 12.1 Å². The molecule has 0 atom stereocenters. The molecule has 0 aromatic heterocycles. The lowest BCUT2D eigenvalue weighted by atomic mass is 10.1. The predicted octanol–water partition coefficient (Wildman–Crippen LogP) is 5.85. The van der Waals surface area contributed by atoms with Gasteiger partial charge in [-0.3, -0.25) is 0 Å². The Balaban J connectivity index is 3.25. The first kappa shape index (κ1) is 18.3. The predicted molar refractivity (Wildman–Crippen MR) is 60.8 cm³/mol. The molecule has 11 heteroatoms. The monoisotopic (exact) mass is 360 g/mol. The highest BCUT2D eigenvalue weighted by molar-refractivity contribution is 8.77. The van der Waals surface area contributed by atoms with Crippen molar-refractivity contribution in [1.29, 1.82) is 0 Å². The van der Waals surface area contributed by atoms with Crippen molar-refractivity contribution in [3.8, 4) is 0 Å². The molecule has 21 heavy (non-hydrogen) atoms. The Labute approximate surface area is 120 Å². The van der Waals surface area contributed by atoms with Gasteiger partial charge in [-0.15, -0.1) is 0 Å². The van der Waals surface area contributed by atoms with Gasteiger partial charge in [-0.2, -0.15) is 39.5 Å². The summed E-state index contributed by atoms with van der Waals surface area (Å²) in [6, 6.07) is 6.18. The molecule has 0 aliphatic rings. The van der Waals surface area contributed by atoms with E-state index in [-0.39, 0.29) is 15.7 Å². The second-order valence-electron chi connectivity index (χ2n) is 3.65. The van der Waals surface area contributed by atoms with Gasteiger partial charge in [0.2, 0.25) is 0 Å². The van der Waals surface area contributed by atoms with Gasteiger partial charge in [-0.25, -0.2) is 0 Å². The third-order valence-electron chi connectivity index (χ3n) is 2.20. The van der Waals surface area contributed by atoms with E-state index in [2.05, 4.69) is 0 Å². The Morgan fingerprint density at radius 2 is 1.00 bits per heavy atom. The molecule has 0 bridgehead atoms. The molecule has 120 valence electrons. The van der Waals surface area contributed by atoms with Crippen LogP contribution in [0, 0.1) is 0 Å². The highest BCUT2D eigenvalue weighted by atomic mass is 33.1. The molecule has 0 aliphatic heterocycles. The molecule has 0 unspecified atom stereocenters. The van der Waals surface area contributed by atoms with Crippen LogP contribution in [0.1, 0.15) is 0 Å². The molecule has 0 saturated heterocycles. The van der Waals surface area contributed by atoms with Crippen molar-refractivity contribution in [1.82, 2.24) is 0 Å². The number of hydrogen-bond acceptors (Lipinski definition) is 2. The number of halogens is 9. The zero-order valence-electron chi connectivity index (χ0n) is 9.60. The molecule has 1 aromatic rings. The normalized spacial score (nSPS) is 14.3. The second-order valence-corrected chi connectivity index (χ2v) is 6.07. The summed E-state index contributed by atoms with van der Waals surface area (Å²) in [6.07, 6.45) is -19.6. The van der Waals surface area contributed by atoms with E-state index in [1.807, 2.05) is 0 Å². The van der Waals surface area contributed by atoms with E-state index in [0.29, 0.717) is 0 Å². The van der Waals surface area contributed by atoms with Crippen LogP contribution in [0.5, 0.6) is 0 Å². The Hall–Kier alpha value is -0.710. The van der Waals surface area contributed by atoms with Gasteiger partial charge in [0, 0.05) is 4.90 Å². The molecule has 1 aromatic carbocycles. The van der Waals surface area contributed by atoms with Crippen LogP contribution in [0.3, 0.4) is 0 Å². The van der Waals surface area contributed by atoms with E-state index >= 15 is 0 Å².